The molecule has 6 nitrogen and oxygen atoms in total. The maximum Gasteiger partial charge on any atom is 0.320 e. The zero-order valence-corrected chi connectivity index (χ0v) is 13.2. The Kier molecular flexibility index (Phi) is 8.50. The van der Waals surface area contributed by atoms with E-state index in [1.165, 1.54) is 0 Å². The van der Waals surface area contributed by atoms with Crippen LogP contribution in [0.4, 0.5) is 0 Å². The lowest BCUT2D eigenvalue weighted by atomic mass is 9.92. The molecule has 0 atom stereocenters. The van der Waals surface area contributed by atoms with Crippen molar-refractivity contribution in [2.45, 2.75) is 59.8 Å². The summed E-state index contributed by atoms with van der Waals surface area (Å²) in [6, 6.07) is 0. The van der Waals surface area contributed by atoms with Crippen molar-refractivity contribution in [1.82, 2.24) is 0 Å². The first-order chi connectivity index (χ1) is 9.64. The van der Waals surface area contributed by atoms with Crippen molar-refractivity contribution in [3.8, 4) is 0 Å². The van der Waals surface area contributed by atoms with Crippen LogP contribution in [-0.2, 0) is 28.7 Å². The summed E-state index contributed by atoms with van der Waals surface area (Å²) in [5.74, 6) is -2.20. The third kappa shape index (κ3) is 11.8. The van der Waals surface area contributed by atoms with Crippen LogP contribution in [-0.4, -0.2) is 30.3 Å². The van der Waals surface area contributed by atoms with E-state index in [1.807, 2.05) is 20.8 Å². The average molecular weight is 300 g/mol. The molecule has 0 bridgehead atoms. The number of esters is 3. The molecule has 0 unspecified atom stereocenters. The van der Waals surface area contributed by atoms with E-state index in [0.29, 0.717) is 13.0 Å². The predicted octanol–water partition coefficient (Wildman–Crippen LogP) is 2.18. The Balaban J connectivity index is 3.92. The summed E-state index contributed by atoms with van der Waals surface area (Å²) >= 11 is 0. The minimum Gasteiger partial charge on any atom is -0.466 e. The Morgan fingerprint density at radius 1 is 0.905 bits per heavy atom. The van der Waals surface area contributed by atoms with Crippen molar-refractivity contribution in [3.05, 3.63) is 0 Å². The first-order valence-electron chi connectivity index (χ1n) is 7.05. The van der Waals surface area contributed by atoms with Gasteiger partial charge in [-0.15, -0.1) is 0 Å². The lowest BCUT2D eigenvalue weighted by molar-refractivity contribution is -0.161. The molecule has 0 radical (unpaired) electrons. The number of ether oxygens (including phenoxy) is 2. The van der Waals surface area contributed by atoms with Gasteiger partial charge in [0.1, 0.15) is 12.2 Å². The highest BCUT2D eigenvalue weighted by Gasteiger charge is 2.20. The third-order valence-electron chi connectivity index (χ3n) is 2.39. The number of ketones is 1. The summed E-state index contributed by atoms with van der Waals surface area (Å²) in [5, 5.41) is 0. The fraction of sp³-hybridized carbons (Fsp3) is 0.733. The van der Waals surface area contributed by atoms with Crippen LogP contribution in [0.25, 0.3) is 0 Å². The molecule has 0 saturated heterocycles. The minimum atomic E-state index is -0.842. The van der Waals surface area contributed by atoms with Crippen molar-refractivity contribution >= 4 is 23.7 Å². The second-order valence-corrected chi connectivity index (χ2v) is 5.96. The van der Waals surface area contributed by atoms with E-state index in [2.05, 4.69) is 4.74 Å². The first-order valence-corrected chi connectivity index (χ1v) is 7.05. The van der Waals surface area contributed by atoms with E-state index in [9.17, 15) is 19.2 Å². The second-order valence-electron chi connectivity index (χ2n) is 5.96. The van der Waals surface area contributed by atoms with Crippen LogP contribution < -0.4 is 0 Å². The minimum absolute atomic E-state index is 0.0847. The molecule has 0 aromatic heterocycles. The molecule has 6 heteroatoms. The monoisotopic (exact) mass is 300 g/mol. The van der Waals surface area contributed by atoms with Gasteiger partial charge in [-0.25, -0.2) is 0 Å². The van der Waals surface area contributed by atoms with Crippen LogP contribution in [0.15, 0.2) is 0 Å². The number of rotatable bonds is 8. The summed E-state index contributed by atoms with van der Waals surface area (Å²) in [6.07, 6.45) is 0.203. The lowest BCUT2D eigenvalue weighted by Crippen LogP contribution is -2.20. The molecule has 0 aromatic carbocycles. The molecule has 0 aliphatic heterocycles. The topological polar surface area (TPSA) is 86.7 Å². The molecule has 0 aliphatic carbocycles. The van der Waals surface area contributed by atoms with Crippen LogP contribution in [0, 0.1) is 5.41 Å². The van der Waals surface area contributed by atoms with E-state index in [4.69, 9.17) is 4.74 Å². The second kappa shape index (κ2) is 9.26. The van der Waals surface area contributed by atoms with Gasteiger partial charge in [0.2, 0.25) is 0 Å². The maximum atomic E-state index is 11.5. The predicted molar refractivity (Wildman–Crippen MR) is 75.3 cm³/mol. The van der Waals surface area contributed by atoms with Gasteiger partial charge in [0.05, 0.1) is 13.0 Å². The van der Waals surface area contributed by atoms with Gasteiger partial charge in [0.25, 0.3) is 0 Å². The third-order valence-corrected chi connectivity index (χ3v) is 2.39. The Hall–Kier alpha value is -1.72. The number of carbonyl (C=O) groups excluding carboxylic acids is 4. The zero-order chi connectivity index (χ0) is 16.5. The number of hydrogen-bond donors (Lipinski definition) is 0. The molecule has 120 valence electrons. The number of hydrogen-bond acceptors (Lipinski definition) is 6. The van der Waals surface area contributed by atoms with Crippen molar-refractivity contribution in [2.24, 2.45) is 5.41 Å². The molecule has 0 amide bonds. The van der Waals surface area contributed by atoms with E-state index in [-0.39, 0.29) is 36.4 Å². The van der Waals surface area contributed by atoms with Crippen molar-refractivity contribution in [3.63, 3.8) is 0 Å². The van der Waals surface area contributed by atoms with Gasteiger partial charge in [0.15, 0.2) is 0 Å². The molecular weight excluding hydrogens is 276 g/mol. The quantitative estimate of drug-likeness (QED) is 0.504. The van der Waals surface area contributed by atoms with Gasteiger partial charge < -0.3 is 9.47 Å². The molecule has 0 heterocycles. The molecule has 21 heavy (non-hydrogen) atoms. The molecule has 0 saturated carbocycles. The summed E-state index contributed by atoms with van der Waals surface area (Å²) in [7, 11) is 0. The lowest BCUT2D eigenvalue weighted by Gasteiger charge is -2.15. The summed E-state index contributed by atoms with van der Waals surface area (Å²) < 4.78 is 9.29. The Bertz CT molecular complexity index is 391. The zero-order valence-electron chi connectivity index (χ0n) is 13.2. The summed E-state index contributed by atoms with van der Waals surface area (Å²) in [4.78, 5) is 45.4. The largest absolute Gasteiger partial charge is 0.466 e. The van der Waals surface area contributed by atoms with Crippen LogP contribution in [0.3, 0.4) is 0 Å². The highest BCUT2D eigenvalue weighted by Crippen LogP contribution is 2.19. The average Bonchev–Trinajstić information content (AvgIpc) is 2.25. The van der Waals surface area contributed by atoms with Crippen LogP contribution in [0.5, 0.6) is 0 Å². The van der Waals surface area contributed by atoms with Crippen LogP contribution in [0.1, 0.15) is 59.8 Å². The van der Waals surface area contributed by atoms with Gasteiger partial charge in [-0.2, -0.15) is 0 Å². The molecule has 0 aliphatic rings. The van der Waals surface area contributed by atoms with Gasteiger partial charge in [-0.05, 0) is 18.8 Å². The van der Waals surface area contributed by atoms with Gasteiger partial charge in [0, 0.05) is 12.8 Å². The Morgan fingerprint density at radius 2 is 1.52 bits per heavy atom. The molecule has 0 rings (SSSR count). The molecular formula is C15H24O6. The standard InChI is InChI=1S/C15H24O6/c1-5-20-12(17)8-6-7-11(16)9-13(18)21-14(19)10-15(2,3)4/h5-10H2,1-4H3. The number of carbonyl (C=O) groups is 4. The SMILES string of the molecule is CCOC(=O)CCCC(=O)CC(=O)OC(=O)CC(C)(C)C. The van der Waals surface area contributed by atoms with E-state index < -0.39 is 18.4 Å². The highest BCUT2D eigenvalue weighted by molar-refractivity contribution is 5.99. The molecule has 0 spiro atoms. The highest BCUT2D eigenvalue weighted by atomic mass is 16.6. The van der Waals surface area contributed by atoms with Gasteiger partial charge >= 0.3 is 17.9 Å². The fourth-order valence-electron chi connectivity index (χ4n) is 1.54. The van der Waals surface area contributed by atoms with Crippen LogP contribution >= 0.6 is 0 Å². The summed E-state index contributed by atoms with van der Waals surface area (Å²) in [5.41, 5.74) is -0.277. The van der Waals surface area contributed by atoms with E-state index in [1.54, 1.807) is 6.92 Å². The molecule has 0 N–H and O–H groups in total. The fourth-order valence-corrected chi connectivity index (χ4v) is 1.54. The van der Waals surface area contributed by atoms with E-state index >= 15 is 0 Å². The Labute approximate surface area is 125 Å². The number of Topliss-reactive ketones (excluding diaryl/α,β-unsaturated/α-hetero) is 1. The van der Waals surface area contributed by atoms with Crippen LogP contribution in [0.2, 0.25) is 0 Å². The van der Waals surface area contributed by atoms with E-state index in [0.717, 1.165) is 0 Å². The maximum absolute atomic E-state index is 11.5. The summed E-state index contributed by atoms with van der Waals surface area (Å²) in [6.45, 7) is 7.54. The molecule has 0 aromatic rings. The smallest absolute Gasteiger partial charge is 0.320 e. The van der Waals surface area contributed by atoms with Crippen molar-refractivity contribution in [1.29, 1.82) is 0 Å². The normalized spacial score (nSPS) is 10.9. The van der Waals surface area contributed by atoms with Crippen molar-refractivity contribution in [2.75, 3.05) is 6.61 Å². The Morgan fingerprint density at radius 3 is 2.05 bits per heavy atom. The first kappa shape index (κ1) is 19.3. The molecule has 0 fully saturated rings. The van der Waals surface area contributed by atoms with Gasteiger partial charge in [-0.3, -0.25) is 19.2 Å². The van der Waals surface area contributed by atoms with Gasteiger partial charge in [-0.1, -0.05) is 20.8 Å². The van der Waals surface area contributed by atoms with Crippen molar-refractivity contribution < 1.29 is 28.7 Å².